The van der Waals surface area contributed by atoms with Crippen molar-refractivity contribution in [1.29, 1.82) is 0 Å². The van der Waals surface area contributed by atoms with Crippen LogP contribution in [0.25, 0.3) is 0 Å². The number of hydrogen-bond donors (Lipinski definition) is 1. The largest absolute Gasteiger partial charge is 0.355 e. The second kappa shape index (κ2) is 5.85. The Hall–Kier alpha value is -1.88. The zero-order chi connectivity index (χ0) is 14.8. The first-order valence-electron chi connectivity index (χ1n) is 7.50. The summed E-state index contributed by atoms with van der Waals surface area (Å²) in [6.45, 7) is 3.81. The molecule has 21 heavy (non-hydrogen) atoms. The number of hydrogen-bond acceptors (Lipinski definition) is 4. The first kappa shape index (κ1) is 14.1. The van der Waals surface area contributed by atoms with Crippen molar-refractivity contribution in [2.24, 2.45) is 7.05 Å². The Bertz CT molecular complexity index is 615. The molecule has 1 fully saturated rings. The van der Waals surface area contributed by atoms with Crippen LogP contribution < -0.4 is 10.2 Å². The van der Waals surface area contributed by atoms with Gasteiger partial charge in [-0.05, 0) is 37.5 Å². The molecule has 0 aliphatic heterocycles. The Balaban J connectivity index is 1.70. The highest BCUT2D eigenvalue weighted by Crippen LogP contribution is 2.21. The van der Waals surface area contributed by atoms with E-state index in [0.29, 0.717) is 0 Å². The third-order valence-electron chi connectivity index (χ3n) is 3.74. The lowest BCUT2D eigenvalue weighted by Crippen LogP contribution is -2.19. The molecule has 1 saturated carbocycles. The van der Waals surface area contributed by atoms with E-state index in [9.17, 15) is 0 Å². The Kier molecular flexibility index (Phi) is 3.92. The van der Waals surface area contributed by atoms with E-state index in [0.717, 1.165) is 30.6 Å². The van der Waals surface area contributed by atoms with Crippen molar-refractivity contribution in [3.05, 3.63) is 41.3 Å². The first-order valence-corrected chi connectivity index (χ1v) is 7.50. The van der Waals surface area contributed by atoms with Gasteiger partial charge in [0.05, 0.1) is 6.20 Å². The number of pyridine rings is 1. The fourth-order valence-electron chi connectivity index (χ4n) is 2.48. The van der Waals surface area contributed by atoms with E-state index < -0.39 is 0 Å². The van der Waals surface area contributed by atoms with Crippen LogP contribution in [0.5, 0.6) is 0 Å². The van der Waals surface area contributed by atoms with Gasteiger partial charge in [-0.3, -0.25) is 4.68 Å². The maximum atomic E-state index is 4.65. The fourth-order valence-corrected chi connectivity index (χ4v) is 2.48. The summed E-state index contributed by atoms with van der Waals surface area (Å²) >= 11 is 0. The molecule has 5 heteroatoms. The summed E-state index contributed by atoms with van der Waals surface area (Å²) in [6.07, 6.45) is 6.58. The second-order valence-electron chi connectivity index (χ2n) is 6.01. The minimum Gasteiger partial charge on any atom is -0.355 e. The van der Waals surface area contributed by atoms with E-state index >= 15 is 0 Å². The summed E-state index contributed by atoms with van der Waals surface area (Å²) in [5.74, 6) is 1.02. The molecule has 0 amide bonds. The molecule has 1 aliphatic rings. The number of nitrogens with one attached hydrogen (secondary N) is 1. The highest BCUT2D eigenvalue weighted by atomic mass is 15.2. The van der Waals surface area contributed by atoms with Crippen molar-refractivity contribution in [2.75, 3.05) is 11.9 Å². The van der Waals surface area contributed by atoms with Crippen molar-refractivity contribution in [3.8, 4) is 0 Å². The van der Waals surface area contributed by atoms with E-state index in [1.165, 1.54) is 24.0 Å². The first-order chi connectivity index (χ1) is 10.1. The summed E-state index contributed by atoms with van der Waals surface area (Å²) in [5.41, 5.74) is 3.57. The van der Waals surface area contributed by atoms with Crippen LogP contribution in [0.2, 0.25) is 0 Å². The maximum absolute atomic E-state index is 4.65. The van der Waals surface area contributed by atoms with Crippen molar-refractivity contribution < 1.29 is 0 Å². The summed E-state index contributed by atoms with van der Waals surface area (Å²) in [7, 11) is 4.02. The van der Waals surface area contributed by atoms with Gasteiger partial charge in [0.2, 0.25) is 0 Å². The summed E-state index contributed by atoms with van der Waals surface area (Å²) in [4.78, 5) is 6.82. The highest BCUT2D eigenvalue weighted by Gasteiger charge is 2.20. The van der Waals surface area contributed by atoms with Gasteiger partial charge < -0.3 is 10.2 Å². The molecule has 0 spiro atoms. The lowest BCUT2D eigenvalue weighted by Gasteiger charge is -2.19. The topological polar surface area (TPSA) is 46.0 Å². The number of rotatable bonds is 6. The molecule has 2 heterocycles. The molecule has 1 aliphatic carbocycles. The molecule has 2 aromatic rings. The minimum atomic E-state index is 0.732. The molecule has 0 bridgehead atoms. The van der Waals surface area contributed by atoms with Gasteiger partial charge in [0, 0.05) is 50.7 Å². The number of anilines is 1. The molecular weight excluding hydrogens is 262 g/mol. The quantitative estimate of drug-likeness (QED) is 0.882. The molecule has 112 valence electrons. The van der Waals surface area contributed by atoms with Crippen LogP contribution in [-0.4, -0.2) is 27.9 Å². The molecule has 5 nitrogen and oxygen atoms in total. The van der Waals surface area contributed by atoms with Gasteiger partial charge in [0.1, 0.15) is 5.82 Å². The normalized spacial score (nSPS) is 14.4. The Morgan fingerprint density at radius 1 is 1.33 bits per heavy atom. The van der Waals surface area contributed by atoms with Crippen LogP contribution in [0.4, 0.5) is 5.82 Å². The lowest BCUT2D eigenvalue weighted by atomic mass is 10.2. The highest BCUT2D eigenvalue weighted by molar-refractivity contribution is 5.42. The third kappa shape index (κ3) is 3.82. The van der Waals surface area contributed by atoms with Crippen LogP contribution >= 0.6 is 0 Å². The Morgan fingerprint density at radius 2 is 2.14 bits per heavy atom. The van der Waals surface area contributed by atoms with E-state index in [-0.39, 0.29) is 0 Å². The summed E-state index contributed by atoms with van der Waals surface area (Å²) < 4.78 is 1.83. The van der Waals surface area contributed by atoms with Crippen molar-refractivity contribution in [1.82, 2.24) is 20.1 Å². The Labute approximate surface area is 126 Å². The van der Waals surface area contributed by atoms with Crippen molar-refractivity contribution >= 4 is 5.82 Å². The third-order valence-corrected chi connectivity index (χ3v) is 3.74. The summed E-state index contributed by atoms with van der Waals surface area (Å²) in [6, 6.07) is 5.07. The van der Waals surface area contributed by atoms with E-state index in [2.05, 4.69) is 46.4 Å². The van der Waals surface area contributed by atoms with Crippen molar-refractivity contribution in [3.63, 3.8) is 0 Å². The van der Waals surface area contributed by atoms with Crippen LogP contribution in [-0.2, 0) is 20.1 Å². The smallest absolute Gasteiger partial charge is 0.129 e. The van der Waals surface area contributed by atoms with Gasteiger partial charge in [-0.1, -0.05) is 0 Å². The number of nitrogens with zero attached hydrogens (tertiary/aromatic N) is 4. The van der Waals surface area contributed by atoms with Crippen LogP contribution in [0.15, 0.2) is 24.5 Å². The number of aryl methyl sites for hydroxylation is 2. The van der Waals surface area contributed by atoms with Gasteiger partial charge in [-0.2, -0.15) is 5.10 Å². The van der Waals surface area contributed by atoms with Crippen LogP contribution in [0.1, 0.15) is 29.7 Å². The SMILES string of the molecule is Cc1cc(CNC2CC2)cc(N(C)Cc2cnn(C)c2)n1. The average molecular weight is 285 g/mol. The second-order valence-corrected chi connectivity index (χ2v) is 6.01. The van der Waals surface area contributed by atoms with Gasteiger partial charge in [0.25, 0.3) is 0 Å². The molecule has 0 saturated heterocycles. The molecule has 0 atom stereocenters. The molecule has 2 aromatic heterocycles. The zero-order valence-corrected chi connectivity index (χ0v) is 13.0. The van der Waals surface area contributed by atoms with E-state index in [4.69, 9.17) is 0 Å². The van der Waals surface area contributed by atoms with Crippen LogP contribution in [0.3, 0.4) is 0 Å². The molecule has 3 rings (SSSR count). The molecular formula is C16H23N5. The maximum Gasteiger partial charge on any atom is 0.129 e. The van der Waals surface area contributed by atoms with Gasteiger partial charge >= 0.3 is 0 Å². The molecule has 0 unspecified atom stereocenters. The predicted octanol–water partition coefficient (Wildman–Crippen LogP) is 2.01. The predicted molar refractivity (Wildman–Crippen MR) is 84.2 cm³/mol. The van der Waals surface area contributed by atoms with Gasteiger partial charge in [0.15, 0.2) is 0 Å². The average Bonchev–Trinajstić information content (AvgIpc) is 3.19. The van der Waals surface area contributed by atoms with Crippen LogP contribution in [0, 0.1) is 6.92 Å². The summed E-state index contributed by atoms with van der Waals surface area (Å²) in [5, 5.41) is 7.77. The number of aromatic nitrogens is 3. The van der Waals surface area contributed by atoms with E-state index in [1.807, 2.05) is 24.1 Å². The van der Waals surface area contributed by atoms with Gasteiger partial charge in [-0.15, -0.1) is 0 Å². The minimum absolute atomic E-state index is 0.732. The lowest BCUT2D eigenvalue weighted by molar-refractivity contribution is 0.686. The standard InChI is InChI=1S/C16H23N5/c1-12-6-13(8-17-15-4-5-15)7-16(19-12)20(2)10-14-9-18-21(3)11-14/h6-7,9,11,15,17H,4-5,8,10H2,1-3H3. The zero-order valence-electron chi connectivity index (χ0n) is 13.0. The van der Waals surface area contributed by atoms with Crippen molar-refractivity contribution in [2.45, 2.75) is 38.9 Å². The molecule has 1 N–H and O–H groups in total. The monoisotopic (exact) mass is 285 g/mol. The van der Waals surface area contributed by atoms with Gasteiger partial charge in [-0.25, -0.2) is 4.98 Å². The fraction of sp³-hybridized carbons (Fsp3) is 0.500. The Morgan fingerprint density at radius 3 is 2.81 bits per heavy atom. The van der Waals surface area contributed by atoms with E-state index in [1.54, 1.807) is 0 Å². The molecule has 0 radical (unpaired) electrons. The molecule has 0 aromatic carbocycles.